The Labute approximate surface area is 162 Å². The Morgan fingerprint density at radius 2 is 2.04 bits per heavy atom. The molecule has 8 heteroatoms. The van der Waals surface area contributed by atoms with Crippen molar-refractivity contribution in [3.63, 3.8) is 0 Å². The summed E-state index contributed by atoms with van der Waals surface area (Å²) in [7, 11) is 0. The number of nitrogens with zero attached hydrogens (tertiary/aromatic N) is 3. The van der Waals surface area contributed by atoms with Crippen molar-refractivity contribution >= 4 is 11.6 Å². The van der Waals surface area contributed by atoms with Gasteiger partial charge in [-0.25, -0.2) is 22.8 Å². The van der Waals surface area contributed by atoms with Crippen molar-refractivity contribution in [1.82, 2.24) is 14.8 Å². The molecule has 2 heterocycles. The van der Waals surface area contributed by atoms with Gasteiger partial charge in [0.25, 0.3) is 0 Å². The molecule has 1 N–H and O–H groups in total. The van der Waals surface area contributed by atoms with Crippen LogP contribution in [0.3, 0.4) is 0 Å². The molecule has 0 unspecified atom stereocenters. The quantitative estimate of drug-likeness (QED) is 0.748. The monoisotopic (exact) mass is 394 g/mol. The lowest BCUT2D eigenvalue weighted by atomic mass is 9.92. The van der Waals surface area contributed by atoms with E-state index in [1.54, 1.807) is 13.1 Å². The molecule has 1 aliphatic rings. The first-order chi connectivity index (χ1) is 13.3. The molecule has 152 valence electrons. The third-order valence-corrected chi connectivity index (χ3v) is 5.07. The number of hydrogen-bond acceptors (Lipinski definition) is 4. The van der Waals surface area contributed by atoms with Crippen LogP contribution in [0.5, 0.6) is 0 Å². The van der Waals surface area contributed by atoms with E-state index in [9.17, 15) is 18.0 Å². The molecule has 0 saturated heterocycles. The van der Waals surface area contributed by atoms with E-state index in [0.717, 1.165) is 11.1 Å². The van der Waals surface area contributed by atoms with Gasteiger partial charge >= 0.3 is 0 Å². The molecule has 2 aromatic heterocycles. The molecular formula is C20H25F3N4O. The SMILES string of the molecule is CC(=O)CCc1cc(NC2CCC(F)(F)CC2)nc(-n2cc(C)c(CF)n2)c1. The van der Waals surface area contributed by atoms with Gasteiger partial charge in [-0.05, 0) is 56.4 Å². The van der Waals surface area contributed by atoms with Gasteiger partial charge in [-0.2, -0.15) is 5.10 Å². The summed E-state index contributed by atoms with van der Waals surface area (Å²) < 4.78 is 41.4. The summed E-state index contributed by atoms with van der Waals surface area (Å²) >= 11 is 0. The second-order valence-corrected chi connectivity index (χ2v) is 7.53. The third kappa shape index (κ3) is 5.11. The van der Waals surface area contributed by atoms with Gasteiger partial charge in [0.1, 0.15) is 18.3 Å². The number of carbonyl (C=O) groups excluding carboxylic acids is 1. The van der Waals surface area contributed by atoms with Crippen LogP contribution in [-0.2, 0) is 17.9 Å². The van der Waals surface area contributed by atoms with Crippen molar-refractivity contribution in [3.8, 4) is 5.82 Å². The molecule has 1 aliphatic carbocycles. The first kappa shape index (κ1) is 20.4. The molecule has 0 atom stereocenters. The number of carbonyl (C=O) groups is 1. The minimum atomic E-state index is -2.59. The molecule has 0 spiro atoms. The van der Waals surface area contributed by atoms with Gasteiger partial charge in [-0.1, -0.05) is 0 Å². The first-order valence-corrected chi connectivity index (χ1v) is 9.52. The van der Waals surface area contributed by atoms with Crippen molar-refractivity contribution in [2.45, 2.75) is 71.0 Å². The van der Waals surface area contributed by atoms with Crippen molar-refractivity contribution in [2.24, 2.45) is 0 Å². The summed E-state index contributed by atoms with van der Waals surface area (Å²) in [6.07, 6.45) is 3.10. The molecule has 0 bridgehead atoms. The summed E-state index contributed by atoms with van der Waals surface area (Å²) in [6, 6.07) is 3.58. The number of alkyl halides is 3. The van der Waals surface area contributed by atoms with Crippen molar-refractivity contribution < 1.29 is 18.0 Å². The second kappa shape index (κ2) is 8.32. The Morgan fingerprint density at radius 3 is 2.64 bits per heavy atom. The van der Waals surface area contributed by atoms with Crippen LogP contribution < -0.4 is 5.32 Å². The van der Waals surface area contributed by atoms with Crippen LogP contribution in [-0.4, -0.2) is 32.5 Å². The zero-order valence-electron chi connectivity index (χ0n) is 16.1. The minimum absolute atomic E-state index is 0.0798. The smallest absolute Gasteiger partial charge is 0.248 e. The summed E-state index contributed by atoms with van der Waals surface area (Å²) in [4.78, 5) is 15.9. The van der Waals surface area contributed by atoms with Crippen LogP contribution in [0.2, 0.25) is 0 Å². The maximum absolute atomic E-state index is 13.4. The van der Waals surface area contributed by atoms with Gasteiger partial charge < -0.3 is 10.1 Å². The Balaban J connectivity index is 1.85. The normalized spacial score (nSPS) is 16.9. The molecule has 1 saturated carbocycles. The average molecular weight is 394 g/mol. The fourth-order valence-electron chi connectivity index (χ4n) is 3.37. The van der Waals surface area contributed by atoms with E-state index in [-0.39, 0.29) is 24.7 Å². The summed E-state index contributed by atoms with van der Waals surface area (Å²) in [5.41, 5.74) is 1.96. The van der Waals surface area contributed by atoms with Crippen LogP contribution in [0, 0.1) is 6.92 Å². The lowest BCUT2D eigenvalue weighted by Crippen LogP contribution is -2.32. The maximum atomic E-state index is 13.4. The highest BCUT2D eigenvalue weighted by atomic mass is 19.3. The molecule has 3 rings (SSSR count). The van der Waals surface area contributed by atoms with Gasteiger partial charge in [0.2, 0.25) is 5.92 Å². The van der Waals surface area contributed by atoms with Gasteiger partial charge in [0.15, 0.2) is 5.82 Å². The van der Waals surface area contributed by atoms with Crippen LogP contribution in [0.1, 0.15) is 55.8 Å². The molecule has 0 aliphatic heterocycles. The summed E-state index contributed by atoms with van der Waals surface area (Å²) in [5, 5.41) is 7.47. The molecule has 5 nitrogen and oxygen atoms in total. The third-order valence-electron chi connectivity index (χ3n) is 5.07. The first-order valence-electron chi connectivity index (χ1n) is 9.52. The van der Waals surface area contributed by atoms with E-state index >= 15 is 0 Å². The summed E-state index contributed by atoms with van der Waals surface area (Å²) in [5.74, 6) is -1.44. The number of aryl methyl sites for hydroxylation is 2. The number of nitrogens with one attached hydrogen (secondary N) is 1. The average Bonchev–Trinajstić information content (AvgIpc) is 3.02. The molecule has 2 aromatic rings. The number of Topliss-reactive ketones (excluding diaryl/α,β-unsaturated/α-hetero) is 1. The Kier molecular flexibility index (Phi) is 6.05. The largest absolute Gasteiger partial charge is 0.367 e. The molecule has 0 amide bonds. The number of halogens is 3. The zero-order chi connectivity index (χ0) is 20.3. The molecule has 1 fully saturated rings. The number of anilines is 1. The van der Waals surface area contributed by atoms with E-state index in [1.807, 2.05) is 12.1 Å². The number of rotatable bonds is 7. The predicted molar refractivity (Wildman–Crippen MR) is 101 cm³/mol. The molecular weight excluding hydrogens is 369 g/mol. The zero-order valence-corrected chi connectivity index (χ0v) is 16.1. The molecule has 28 heavy (non-hydrogen) atoms. The van der Waals surface area contributed by atoms with Crippen LogP contribution >= 0.6 is 0 Å². The Morgan fingerprint density at radius 1 is 1.32 bits per heavy atom. The molecule has 0 radical (unpaired) electrons. The topological polar surface area (TPSA) is 59.8 Å². The van der Waals surface area contributed by atoms with Gasteiger partial charge in [0, 0.05) is 31.5 Å². The predicted octanol–water partition coefficient (Wildman–Crippen LogP) is 4.56. The highest BCUT2D eigenvalue weighted by Gasteiger charge is 2.35. The lowest BCUT2D eigenvalue weighted by molar-refractivity contribution is -0.116. The van der Waals surface area contributed by atoms with Gasteiger partial charge in [-0.15, -0.1) is 0 Å². The molecule has 0 aromatic carbocycles. The Hall–Kier alpha value is -2.38. The van der Waals surface area contributed by atoms with Crippen LogP contribution in [0.25, 0.3) is 5.82 Å². The van der Waals surface area contributed by atoms with Crippen molar-refractivity contribution in [3.05, 3.63) is 35.2 Å². The van der Waals surface area contributed by atoms with Gasteiger partial charge in [0.05, 0.1) is 5.69 Å². The minimum Gasteiger partial charge on any atom is -0.367 e. The second-order valence-electron chi connectivity index (χ2n) is 7.53. The standard InChI is InChI=1S/C20H25F3N4O/c1-13-12-27(26-17(13)11-21)19-10-15(4-3-14(2)28)9-18(25-19)24-16-5-7-20(22,23)8-6-16/h9-10,12,16H,3-8,11H2,1-2H3,(H,24,25). The fraction of sp³-hybridized carbons (Fsp3) is 0.550. The number of pyridine rings is 1. The number of aromatic nitrogens is 3. The van der Waals surface area contributed by atoms with Crippen LogP contribution in [0.4, 0.5) is 19.0 Å². The fourth-order valence-corrected chi connectivity index (χ4v) is 3.37. The highest BCUT2D eigenvalue weighted by Crippen LogP contribution is 2.34. The van der Waals surface area contributed by atoms with E-state index in [2.05, 4.69) is 15.4 Å². The lowest BCUT2D eigenvalue weighted by Gasteiger charge is -2.29. The van der Waals surface area contributed by atoms with E-state index in [4.69, 9.17) is 0 Å². The number of hydrogen-bond donors (Lipinski definition) is 1. The Bertz CT molecular complexity index is 840. The summed E-state index contributed by atoms with van der Waals surface area (Å²) in [6.45, 7) is 2.65. The highest BCUT2D eigenvalue weighted by molar-refractivity contribution is 5.75. The van der Waals surface area contributed by atoms with Crippen LogP contribution in [0.15, 0.2) is 18.3 Å². The van der Waals surface area contributed by atoms with Gasteiger partial charge in [-0.3, -0.25) is 0 Å². The van der Waals surface area contributed by atoms with E-state index in [1.165, 1.54) is 11.6 Å². The van der Waals surface area contributed by atoms with Crippen molar-refractivity contribution in [2.75, 3.05) is 5.32 Å². The maximum Gasteiger partial charge on any atom is 0.248 e. The van der Waals surface area contributed by atoms with E-state index < -0.39 is 12.6 Å². The number of ketones is 1. The van der Waals surface area contributed by atoms with E-state index in [0.29, 0.717) is 43.0 Å². The van der Waals surface area contributed by atoms with Crippen molar-refractivity contribution in [1.29, 1.82) is 0 Å².